The summed E-state index contributed by atoms with van der Waals surface area (Å²) in [5.41, 5.74) is 1.88. The maximum atomic E-state index is 12.8. The molecule has 3 aromatic rings. The minimum atomic E-state index is -0.253. The van der Waals surface area contributed by atoms with Gasteiger partial charge in [-0.15, -0.1) is 5.10 Å². The summed E-state index contributed by atoms with van der Waals surface area (Å²) in [6.07, 6.45) is 0.00432. The van der Waals surface area contributed by atoms with E-state index in [-0.39, 0.29) is 29.3 Å². The quantitative estimate of drug-likeness (QED) is 0.456. The van der Waals surface area contributed by atoms with Crippen molar-refractivity contribution in [2.24, 2.45) is 0 Å². The van der Waals surface area contributed by atoms with Crippen LogP contribution in [0.1, 0.15) is 45.7 Å². The zero-order chi connectivity index (χ0) is 21.3. The van der Waals surface area contributed by atoms with Crippen molar-refractivity contribution in [2.45, 2.75) is 24.3 Å². The number of fused-ring (bicyclic) bond motifs is 2. The number of carbonyl (C=O) groups is 3. The Kier molecular flexibility index (Phi) is 5.65. The maximum Gasteiger partial charge on any atom is 0.295 e. The number of thioether (sulfide) groups is 1. The molecule has 0 radical (unpaired) electrons. The van der Waals surface area contributed by atoms with Crippen molar-refractivity contribution in [3.63, 3.8) is 0 Å². The average molecular weight is 440 g/mol. The summed E-state index contributed by atoms with van der Waals surface area (Å²) in [7, 11) is 0. The van der Waals surface area contributed by atoms with Crippen LogP contribution in [0.25, 0.3) is 0 Å². The topological polar surface area (TPSA) is 98.2 Å². The first-order valence-electron chi connectivity index (χ1n) is 9.17. The molecule has 1 aliphatic rings. The third kappa shape index (κ3) is 4.12. The summed E-state index contributed by atoms with van der Waals surface area (Å²) in [6, 6.07) is 11.5. The first-order valence-corrected chi connectivity index (χ1v) is 11.0. The van der Waals surface area contributed by atoms with Gasteiger partial charge in [0.2, 0.25) is 5.91 Å². The molecular formula is C21H17N3O4S2. The number of nitrogens with zero attached hydrogens (tertiary/aromatic N) is 2. The number of ether oxygens (including phenoxy) is 1. The number of rotatable bonds is 6. The lowest BCUT2D eigenvalue weighted by molar-refractivity contribution is -0.113. The molecule has 1 heterocycles. The second kappa shape index (κ2) is 8.37. The Balaban J connectivity index is 1.43. The molecular weight excluding hydrogens is 422 g/mol. The van der Waals surface area contributed by atoms with E-state index in [0.29, 0.717) is 37.5 Å². The summed E-state index contributed by atoms with van der Waals surface area (Å²) in [5, 5.41) is 11.1. The van der Waals surface area contributed by atoms with Gasteiger partial charge in [-0.1, -0.05) is 41.1 Å². The van der Waals surface area contributed by atoms with E-state index in [2.05, 4.69) is 15.5 Å². The van der Waals surface area contributed by atoms with Crippen molar-refractivity contribution in [3.8, 4) is 5.19 Å². The Morgan fingerprint density at radius 3 is 2.40 bits per heavy atom. The molecule has 0 saturated heterocycles. The molecule has 0 spiro atoms. The van der Waals surface area contributed by atoms with Crippen molar-refractivity contribution >= 4 is 46.3 Å². The van der Waals surface area contributed by atoms with Crippen molar-refractivity contribution in [2.75, 3.05) is 11.1 Å². The Labute approximate surface area is 180 Å². The fourth-order valence-corrected chi connectivity index (χ4v) is 4.61. The lowest BCUT2D eigenvalue weighted by atomic mass is 9.84. The van der Waals surface area contributed by atoms with Crippen molar-refractivity contribution in [1.29, 1.82) is 0 Å². The van der Waals surface area contributed by atoms with E-state index in [1.165, 1.54) is 23.1 Å². The standard InChI is InChI=1S/C21H17N3O4S2/c1-11(2)28-20-23-24-21(30-20)29-10-17(25)22-12-7-8-15-16(9-12)19(27)14-6-4-3-5-13(14)18(15)26/h3-9,11H,10H2,1-2H3,(H,22,25). The smallest absolute Gasteiger partial charge is 0.295 e. The molecule has 1 aromatic heterocycles. The average Bonchev–Trinajstić information content (AvgIpc) is 3.17. The lowest BCUT2D eigenvalue weighted by Crippen LogP contribution is -2.21. The van der Waals surface area contributed by atoms with Crippen LogP contribution in [-0.4, -0.2) is 39.5 Å². The van der Waals surface area contributed by atoms with Crippen LogP contribution >= 0.6 is 23.1 Å². The molecule has 4 rings (SSSR count). The second-order valence-corrected chi connectivity index (χ2v) is 8.96. The van der Waals surface area contributed by atoms with Gasteiger partial charge in [-0.25, -0.2) is 0 Å². The molecule has 7 nitrogen and oxygen atoms in total. The maximum absolute atomic E-state index is 12.8. The summed E-state index contributed by atoms with van der Waals surface area (Å²) < 4.78 is 6.09. The number of aromatic nitrogens is 2. The van der Waals surface area contributed by atoms with Crippen molar-refractivity contribution in [1.82, 2.24) is 10.2 Å². The highest BCUT2D eigenvalue weighted by Crippen LogP contribution is 2.30. The lowest BCUT2D eigenvalue weighted by Gasteiger charge is -2.18. The van der Waals surface area contributed by atoms with Gasteiger partial charge < -0.3 is 10.1 Å². The van der Waals surface area contributed by atoms with Crippen molar-refractivity contribution in [3.05, 3.63) is 64.7 Å². The van der Waals surface area contributed by atoms with E-state index >= 15 is 0 Å². The number of hydrogen-bond acceptors (Lipinski definition) is 8. The van der Waals surface area contributed by atoms with Gasteiger partial charge in [0.25, 0.3) is 5.19 Å². The number of nitrogens with one attached hydrogen (secondary N) is 1. The monoisotopic (exact) mass is 439 g/mol. The second-order valence-electron chi connectivity index (χ2n) is 6.80. The van der Waals surface area contributed by atoms with E-state index in [4.69, 9.17) is 4.74 Å². The summed E-state index contributed by atoms with van der Waals surface area (Å²) in [6.45, 7) is 3.80. The van der Waals surface area contributed by atoms with Crippen LogP contribution in [0.5, 0.6) is 5.19 Å². The highest BCUT2D eigenvalue weighted by atomic mass is 32.2. The summed E-state index contributed by atoms with van der Waals surface area (Å²) in [5.74, 6) is -0.540. The first-order chi connectivity index (χ1) is 14.4. The number of carbonyl (C=O) groups excluding carboxylic acids is 3. The molecule has 1 N–H and O–H groups in total. The molecule has 2 aromatic carbocycles. The molecule has 0 bridgehead atoms. The van der Waals surface area contributed by atoms with Crippen LogP contribution in [0, 0.1) is 0 Å². The van der Waals surface area contributed by atoms with Gasteiger partial charge in [0.15, 0.2) is 15.9 Å². The predicted octanol–water partition coefficient (Wildman–Crippen LogP) is 3.83. The molecule has 0 unspecified atom stereocenters. The largest absolute Gasteiger partial charge is 0.466 e. The van der Waals surface area contributed by atoms with Gasteiger partial charge in [0.1, 0.15) is 0 Å². The van der Waals surface area contributed by atoms with Crippen LogP contribution in [-0.2, 0) is 4.79 Å². The van der Waals surface area contributed by atoms with Crippen LogP contribution in [0.15, 0.2) is 46.8 Å². The fourth-order valence-electron chi connectivity index (χ4n) is 3.01. The Morgan fingerprint density at radius 2 is 1.70 bits per heavy atom. The third-order valence-electron chi connectivity index (χ3n) is 4.26. The van der Waals surface area contributed by atoms with Crippen molar-refractivity contribution < 1.29 is 19.1 Å². The molecule has 0 saturated carbocycles. The Hall–Kier alpha value is -3.04. The van der Waals surface area contributed by atoms with Crippen LogP contribution in [0.3, 0.4) is 0 Å². The zero-order valence-electron chi connectivity index (χ0n) is 16.2. The minimum absolute atomic E-state index is 0.00432. The number of amides is 1. The molecule has 1 amide bonds. The Morgan fingerprint density at radius 1 is 1.03 bits per heavy atom. The third-order valence-corrected chi connectivity index (χ3v) is 6.21. The number of anilines is 1. The van der Waals surface area contributed by atoms with E-state index < -0.39 is 0 Å². The SMILES string of the molecule is CC(C)Oc1nnc(SCC(=O)Nc2ccc3c(c2)C(=O)c2ccccc2C3=O)s1. The number of ketones is 2. The van der Waals surface area contributed by atoms with Gasteiger partial charge in [-0.3, -0.25) is 14.4 Å². The first kappa shape index (κ1) is 20.2. The van der Waals surface area contributed by atoms with E-state index in [9.17, 15) is 14.4 Å². The summed E-state index contributed by atoms with van der Waals surface area (Å²) in [4.78, 5) is 37.8. The van der Waals surface area contributed by atoms with Gasteiger partial charge in [-0.05, 0) is 43.4 Å². The van der Waals surface area contributed by atoms with Gasteiger partial charge in [0, 0.05) is 27.9 Å². The minimum Gasteiger partial charge on any atom is -0.466 e. The van der Waals surface area contributed by atoms with Crippen LogP contribution < -0.4 is 10.1 Å². The molecule has 1 aliphatic carbocycles. The highest BCUT2D eigenvalue weighted by molar-refractivity contribution is 8.01. The van der Waals surface area contributed by atoms with Gasteiger partial charge >= 0.3 is 0 Å². The highest BCUT2D eigenvalue weighted by Gasteiger charge is 2.29. The van der Waals surface area contributed by atoms with Crippen LogP contribution in [0.4, 0.5) is 5.69 Å². The molecule has 0 atom stereocenters. The van der Waals surface area contributed by atoms with E-state index in [1.807, 2.05) is 13.8 Å². The van der Waals surface area contributed by atoms with Crippen LogP contribution in [0.2, 0.25) is 0 Å². The van der Waals surface area contributed by atoms with E-state index in [1.54, 1.807) is 42.5 Å². The summed E-state index contributed by atoms with van der Waals surface area (Å²) >= 11 is 2.53. The molecule has 9 heteroatoms. The number of benzene rings is 2. The fraction of sp³-hybridized carbons (Fsp3) is 0.190. The van der Waals surface area contributed by atoms with Gasteiger partial charge in [-0.2, -0.15) is 0 Å². The normalized spacial score (nSPS) is 12.5. The molecule has 0 fully saturated rings. The predicted molar refractivity (Wildman–Crippen MR) is 115 cm³/mol. The molecule has 152 valence electrons. The Bertz CT molecular complexity index is 1160. The molecule has 30 heavy (non-hydrogen) atoms. The molecule has 0 aliphatic heterocycles. The zero-order valence-corrected chi connectivity index (χ0v) is 17.8. The van der Waals surface area contributed by atoms with Gasteiger partial charge in [0.05, 0.1) is 11.9 Å². The van der Waals surface area contributed by atoms with E-state index in [0.717, 1.165) is 0 Å². The number of hydrogen-bond donors (Lipinski definition) is 1.